The van der Waals surface area contributed by atoms with Crippen LogP contribution in [0.15, 0.2) is 67.0 Å². The monoisotopic (exact) mass is 841 g/mol. The first-order chi connectivity index (χ1) is 29.9. The molecule has 1 saturated heterocycles. The number of nitrogens with one attached hydrogen (secondary N) is 3. The number of amides is 1. The van der Waals surface area contributed by atoms with Gasteiger partial charge in [0.25, 0.3) is 5.91 Å². The highest BCUT2D eigenvalue weighted by atomic mass is 16.5. The largest absolute Gasteiger partial charge is 0.494 e. The molecule has 1 atom stereocenters. The van der Waals surface area contributed by atoms with Gasteiger partial charge in [-0.15, -0.1) is 0 Å². The van der Waals surface area contributed by atoms with Crippen molar-refractivity contribution in [2.24, 2.45) is 0 Å². The third-order valence-corrected chi connectivity index (χ3v) is 11.1. The molecule has 330 valence electrons. The van der Waals surface area contributed by atoms with Crippen molar-refractivity contribution in [2.75, 3.05) is 85.4 Å². The van der Waals surface area contributed by atoms with Gasteiger partial charge in [0.15, 0.2) is 11.6 Å². The van der Waals surface area contributed by atoms with Gasteiger partial charge in [0.2, 0.25) is 0 Å². The highest BCUT2D eigenvalue weighted by Gasteiger charge is 2.39. The van der Waals surface area contributed by atoms with Crippen molar-refractivity contribution in [1.82, 2.24) is 30.4 Å². The number of piperidine rings is 1. The Morgan fingerprint density at radius 1 is 0.852 bits per heavy atom. The van der Waals surface area contributed by atoms with Crippen LogP contribution >= 0.6 is 0 Å². The van der Waals surface area contributed by atoms with E-state index in [4.69, 9.17) is 28.7 Å². The van der Waals surface area contributed by atoms with Gasteiger partial charge in [-0.25, -0.2) is 4.98 Å². The van der Waals surface area contributed by atoms with Crippen molar-refractivity contribution < 1.29 is 38.0 Å². The Morgan fingerprint density at radius 3 is 2.30 bits per heavy atom. The van der Waals surface area contributed by atoms with Gasteiger partial charge >= 0.3 is 5.97 Å². The van der Waals surface area contributed by atoms with Gasteiger partial charge < -0.3 is 44.0 Å². The number of H-pyrrole nitrogens is 1. The van der Waals surface area contributed by atoms with Crippen LogP contribution in [0.1, 0.15) is 98.4 Å². The Morgan fingerprint density at radius 2 is 1.56 bits per heavy atom. The number of hydrogen-bond donors (Lipinski definition) is 3. The summed E-state index contributed by atoms with van der Waals surface area (Å²) < 4.78 is 33.6. The van der Waals surface area contributed by atoms with E-state index in [0.29, 0.717) is 77.1 Å². The molecule has 0 radical (unpaired) electrons. The van der Waals surface area contributed by atoms with Gasteiger partial charge in [-0.05, 0) is 101 Å². The number of unbranched alkanes of at least 4 members (excludes halogenated alkanes) is 5. The topological polar surface area (TPSA) is 171 Å². The molecule has 61 heavy (non-hydrogen) atoms. The quantitative estimate of drug-likeness (QED) is 0.0442. The average molecular weight is 842 g/mol. The van der Waals surface area contributed by atoms with Crippen LogP contribution in [0.2, 0.25) is 0 Å². The van der Waals surface area contributed by atoms with Crippen LogP contribution in [-0.2, 0) is 29.3 Å². The van der Waals surface area contributed by atoms with Crippen LogP contribution in [0.25, 0.3) is 11.4 Å². The van der Waals surface area contributed by atoms with Crippen molar-refractivity contribution in [3.63, 3.8) is 0 Å². The third-order valence-electron chi connectivity index (χ3n) is 11.1. The number of carbonyl (C=O) groups is 2. The summed E-state index contributed by atoms with van der Waals surface area (Å²) in [6, 6.07) is 17.1. The molecular formula is C46H63N7O8. The summed E-state index contributed by atoms with van der Waals surface area (Å²) in [7, 11) is 3.54. The van der Waals surface area contributed by atoms with Gasteiger partial charge in [-0.3, -0.25) is 19.7 Å². The normalized spacial score (nSPS) is 16.0. The fourth-order valence-corrected chi connectivity index (χ4v) is 7.54. The fourth-order valence-electron chi connectivity index (χ4n) is 7.54. The smallest absolute Gasteiger partial charge is 0.305 e. The standard InChI is InChI=1S/C46H63N7O8/c1-53-23-19-46(20-24-53,45-49-43(51-52-45)35-16-21-47-22-17-35)50-37-12-10-11-36(33-37)44(55)48-40-18-28-61-41-15-14-38(34-39(40)41)60-27-9-4-3-7-25-57-29-31-59-32-30-58-26-8-5-6-13-42(54)56-2/h10-12,14-17,21-22,33-34,40,50H,3-9,13,18-20,23-32H2,1-2H3,(H,48,55)(H,49,51,52)/t40-/m1/s1. The van der Waals surface area contributed by atoms with Crippen LogP contribution < -0.4 is 20.1 Å². The predicted molar refractivity (Wildman–Crippen MR) is 232 cm³/mol. The van der Waals surface area contributed by atoms with E-state index in [0.717, 1.165) is 105 Å². The van der Waals surface area contributed by atoms with Crippen molar-refractivity contribution >= 4 is 17.6 Å². The van der Waals surface area contributed by atoms with Gasteiger partial charge in [0.05, 0.1) is 58.3 Å². The van der Waals surface area contributed by atoms with Crippen LogP contribution in [-0.4, -0.2) is 117 Å². The molecule has 0 unspecified atom stereocenters. The minimum atomic E-state index is -0.477. The molecule has 2 aliphatic rings. The Hall–Kier alpha value is -5.09. The first kappa shape index (κ1) is 45.4. The maximum Gasteiger partial charge on any atom is 0.305 e. The van der Waals surface area contributed by atoms with Crippen LogP contribution in [0.5, 0.6) is 11.5 Å². The number of pyridine rings is 1. The number of carbonyl (C=O) groups excluding carboxylic acids is 2. The van der Waals surface area contributed by atoms with E-state index in [1.165, 1.54) is 7.11 Å². The summed E-state index contributed by atoms with van der Waals surface area (Å²) >= 11 is 0. The molecular weight excluding hydrogens is 779 g/mol. The molecule has 2 aromatic heterocycles. The maximum atomic E-state index is 13.8. The zero-order valence-electron chi connectivity index (χ0n) is 35.8. The molecule has 15 heteroatoms. The second kappa shape index (κ2) is 24.4. The first-order valence-electron chi connectivity index (χ1n) is 21.8. The number of aromatic amines is 1. The van der Waals surface area contributed by atoms with Crippen molar-refractivity contribution in [1.29, 1.82) is 0 Å². The number of rotatable bonds is 26. The lowest BCUT2D eigenvalue weighted by atomic mass is 9.86. The molecule has 4 aromatic rings. The van der Waals surface area contributed by atoms with E-state index in [9.17, 15) is 9.59 Å². The van der Waals surface area contributed by atoms with Gasteiger partial charge in [0.1, 0.15) is 11.5 Å². The van der Waals surface area contributed by atoms with E-state index in [2.05, 4.69) is 42.5 Å². The van der Waals surface area contributed by atoms with E-state index < -0.39 is 5.54 Å². The van der Waals surface area contributed by atoms with E-state index in [1.54, 1.807) is 12.4 Å². The molecule has 2 aliphatic heterocycles. The number of aromatic nitrogens is 4. The zero-order valence-corrected chi connectivity index (χ0v) is 35.8. The molecule has 15 nitrogen and oxygen atoms in total. The zero-order chi connectivity index (χ0) is 42.5. The van der Waals surface area contributed by atoms with Gasteiger partial charge in [-0.2, -0.15) is 5.10 Å². The van der Waals surface area contributed by atoms with Crippen molar-refractivity contribution in [3.8, 4) is 22.9 Å². The highest BCUT2D eigenvalue weighted by Crippen LogP contribution is 2.37. The maximum absolute atomic E-state index is 13.8. The summed E-state index contributed by atoms with van der Waals surface area (Å²) in [6.45, 7) is 6.53. The fraction of sp³-hybridized carbons (Fsp3) is 0.543. The SMILES string of the molecule is COC(=O)CCCCCOCCOCCOCCCCCCOc1ccc2c(c1)[C@H](NC(=O)c1cccc(NC3(c4nc(-c5ccncc5)n[nH]4)CCN(C)CC3)c1)CCO2. The van der Waals surface area contributed by atoms with E-state index in [-0.39, 0.29) is 17.9 Å². The molecule has 2 aromatic carbocycles. The highest BCUT2D eigenvalue weighted by molar-refractivity contribution is 5.95. The van der Waals surface area contributed by atoms with Gasteiger partial charge in [0, 0.05) is 73.9 Å². The summed E-state index contributed by atoms with van der Waals surface area (Å²) in [5.74, 6) is 2.63. The number of methoxy groups -OCH3 is 1. The number of hydrogen-bond acceptors (Lipinski definition) is 13. The number of benzene rings is 2. The minimum Gasteiger partial charge on any atom is -0.494 e. The summed E-state index contributed by atoms with van der Waals surface area (Å²) in [5, 5.41) is 14.8. The second-order valence-corrected chi connectivity index (χ2v) is 15.7. The number of likely N-dealkylation sites (tertiary alicyclic amines) is 1. The molecule has 0 saturated carbocycles. The molecule has 6 rings (SSSR count). The number of fused-ring (bicyclic) bond motifs is 1. The molecule has 0 aliphatic carbocycles. The third kappa shape index (κ3) is 14.2. The number of ether oxygens (including phenoxy) is 6. The molecule has 3 N–H and O–H groups in total. The number of anilines is 1. The molecule has 1 fully saturated rings. The van der Waals surface area contributed by atoms with E-state index >= 15 is 0 Å². The molecule has 1 amide bonds. The lowest BCUT2D eigenvalue weighted by molar-refractivity contribution is -0.140. The molecule has 4 heterocycles. The summed E-state index contributed by atoms with van der Waals surface area (Å²) in [6.07, 6.45) is 13.0. The average Bonchev–Trinajstić information content (AvgIpc) is 3.80. The Bertz CT molecular complexity index is 1920. The Labute approximate surface area is 359 Å². The van der Waals surface area contributed by atoms with Gasteiger partial charge in [-0.1, -0.05) is 18.9 Å². The number of nitrogens with zero attached hydrogens (tertiary/aromatic N) is 4. The van der Waals surface area contributed by atoms with Crippen LogP contribution in [0.4, 0.5) is 5.69 Å². The molecule has 0 bridgehead atoms. The lowest BCUT2D eigenvalue weighted by Gasteiger charge is -2.40. The second-order valence-electron chi connectivity index (χ2n) is 15.7. The van der Waals surface area contributed by atoms with Crippen molar-refractivity contribution in [3.05, 3.63) is 83.9 Å². The Kier molecular flexibility index (Phi) is 18.2. The predicted octanol–water partition coefficient (Wildman–Crippen LogP) is 6.88. The van der Waals surface area contributed by atoms with E-state index in [1.807, 2.05) is 54.6 Å². The number of esters is 1. The summed E-state index contributed by atoms with van der Waals surface area (Å²) in [5.41, 5.74) is 2.76. The lowest BCUT2D eigenvalue weighted by Crippen LogP contribution is -2.46. The summed E-state index contributed by atoms with van der Waals surface area (Å²) in [4.78, 5) is 36.3. The molecule has 0 spiro atoms. The van der Waals surface area contributed by atoms with Crippen molar-refractivity contribution in [2.45, 2.75) is 82.2 Å². The first-order valence-corrected chi connectivity index (χ1v) is 21.8. The Balaban J connectivity index is 0.889. The van der Waals surface area contributed by atoms with Crippen LogP contribution in [0, 0.1) is 0 Å². The van der Waals surface area contributed by atoms with Crippen LogP contribution in [0.3, 0.4) is 0 Å². The minimum absolute atomic E-state index is 0.149.